The summed E-state index contributed by atoms with van der Waals surface area (Å²) in [6, 6.07) is 7.94. The summed E-state index contributed by atoms with van der Waals surface area (Å²) in [5.74, 6) is 1.46. The molecule has 2 N–H and O–H groups in total. The summed E-state index contributed by atoms with van der Waals surface area (Å²) in [6.07, 6.45) is 6.86. The molecular formula is C31H39ClN9O2P. The summed E-state index contributed by atoms with van der Waals surface area (Å²) in [7, 11) is 1.11. The van der Waals surface area contributed by atoms with E-state index in [1.54, 1.807) is 39.0 Å². The molecule has 0 amide bonds. The average molecular weight is 636 g/mol. The summed E-state index contributed by atoms with van der Waals surface area (Å²) in [5.41, 5.74) is 5.15. The summed E-state index contributed by atoms with van der Waals surface area (Å²) in [5, 5.41) is 7.56. The fourth-order valence-electron chi connectivity index (χ4n) is 5.95. The first-order valence-corrected chi connectivity index (χ1v) is 17.9. The van der Waals surface area contributed by atoms with Gasteiger partial charge < -0.3 is 29.7 Å². The molecular weight excluding hydrogens is 597 g/mol. The van der Waals surface area contributed by atoms with Gasteiger partial charge in [0, 0.05) is 70.0 Å². The first kappa shape index (κ1) is 30.5. The van der Waals surface area contributed by atoms with Crippen molar-refractivity contribution in [1.82, 2.24) is 29.7 Å². The normalized spacial score (nSPS) is 16.2. The Morgan fingerprint density at radius 1 is 0.977 bits per heavy atom. The van der Waals surface area contributed by atoms with Crippen LogP contribution in [0.1, 0.15) is 12.0 Å². The number of fused-ring (bicyclic) bond motifs is 2. The van der Waals surface area contributed by atoms with Gasteiger partial charge in [0.15, 0.2) is 5.82 Å². The van der Waals surface area contributed by atoms with E-state index in [0.29, 0.717) is 38.8 Å². The second kappa shape index (κ2) is 12.9. The summed E-state index contributed by atoms with van der Waals surface area (Å²) < 4.78 is 19.2. The van der Waals surface area contributed by atoms with Crippen LogP contribution in [-0.4, -0.2) is 103 Å². The summed E-state index contributed by atoms with van der Waals surface area (Å²) in [6.45, 7) is 11.0. The lowest BCUT2D eigenvalue weighted by Gasteiger charge is -2.36. The number of hydrogen-bond acceptors (Lipinski definition) is 11. The second-order valence-electron chi connectivity index (χ2n) is 11.8. The van der Waals surface area contributed by atoms with Crippen LogP contribution in [-0.2, 0) is 11.0 Å². The maximum absolute atomic E-state index is 13.4. The number of hydrogen-bond donors (Lipinski definition) is 2. The molecule has 13 heteroatoms. The Kier molecular flexibility index (Phi) is 8.91. The molecule has 0 spiro atoms. The van der Waals surface area contributed by atoms with E-state index in [-0.39, 0.29) is 0 Å². The molecule has 0 saturated carbocycles. The number of benzene rings is 2. The largest absolute Gasteiger partial charge is 0.494 e. The Morgan fingerprint density at radius 2 is 1.77 bits per heavy atom. The van der Waals surface area contributed by atoms with Crippen molar-refractivity contribution >= 4 is 63.9 Å². The fraction of sp³-hybridized carbons (Fsp3) is 0.419. The highest BCUT2D eigenvalue weighted by Gasteiger charge is 2.24. The second-order valence-corrected chi connectivity index (χ2v) is 15.3. The lowest BCUT2D eigenvalue weighted by molar-refractivity contribution is 0.156. The van der Waals surface area contributed by atoms with Crippen LogP contribution in [0.15, 0.2) is 42.9 Å². The van der Waals surface area contributed by atoms with Gasteiger partial charge in [0.25, 0.3) is 0 Å². The molecule has 0 aliphatic carbocycles. The van der Waals surface area contributed by atoms with Crippen LogP contribution in [0.2, 0.25) is 5.02 Å². The Hall–Kier alpha value is -3.50. The third-order valence-electron chi connectivity index (χ3n) is 8.29. The van der Waals surface area contributed by atoms with Crippen molar-refractivity contribution in [3.8, 4) is 5.75 Å². The molecule has 6 rings (SSSR count). The molecule has 0 bridgehead atoms. The van der Waals surface area contributed by atoms with E-state index >= 15 is 0 Å². The van der Waals surface area contributed by atoms with Crippen molar-refractivity contribution in [3.05, 3.63) is 53.4 Å². The minimum atomic E-state index is -2.76. The van der Waals surface area contributed by atoms with Crippen LogP contribution < -0.4 is 25.6 Å². The highest BCUT2D eigenvalue weighted by atomic mass is 35.5. The van der Waals surface area contributed by atoms with Crippen LogP contribution in [0, 0.1) is 0 Å². The average Bonchev–Trinajstić information content (AvgIpc) is 3.01. The minimum absolute atomic E-state index is 0.330. The number of likely N-dealkylation sites (N-methyl/N-ethyl adjacent to an activating group) is 1. The molecule has 0 radical (unpaired) electrons. The van der Waals surface area contributed by atoms with Gasteiger partial charge in [-0.25, -0.2) is 4.98 Å². The third kappa shape index (κ3) is 6.61. The van der Waals surface area contributed by atoms with Crippen LogP contribution in [0.5, 0.6) is 5.75 Å². The molecule has 0 atom stereocenters. The number of aromatic nitrogens is 4. The highest BCUT2D eigenvalue weighted by Crippen LogP contribution is 2.42. The summed E-state index contributed by atoms with van der Waals surface area (Å²) >= 11 is 6.55. The van der Waals surface area contributed by atoms with E-state index in [4.69, 9.17) is 16.3 Å². The molecule has 11 nitrogen and oxygen atoms in total. The van der Waals surface area contributed by atoms with Crippen LogP contribution in [0.3, 0.4) is 0 Å². The smallest absolute Gasteiger partial charge is 0.229 e. The number of methoxy groups -OCH3 is 1. The lowest BCUT2D eigenvalue weighted by Crippen LogP contribution is -2.47. The Labute approximate surface area is 263 Å². The van der Waals surface area contributed by atoms with Gasteiger partial charge in [0.1, 0.15) is 23.4 Å². The highest BCUT2D eigenvalue weighted by molar-refractivity contribution is 7.71. The van der Waals surface area contributed by atoms with Crippen molar-refractivity contribution in [2.75, 3.05) is 88.8 Å². The number of aryl methyl sites for hydroxylation is 1. The monoisotopic (exact) mass is 635 g/mol. The molecule has 44 heavy (non-hydrogen) atoms. The van der Waals surface area contributed by atoms with Crippen molar-refractivity contribution in [2.24, 2.45) is 0 Å². The summed E-state index contributed by atoms with van der Waals surface area (Å²) in [4.78, 5) is 25.4. The quantitative estimate of drug-likeness (QED) is 0.247. The van der Waals surface area contributed by atoms with E-state index < -0.39 is 7.14 Å². The number of halogens is 1. The molecule has 4 aromatic rings. The van der Waals surface area contributed by atoms with Gasteiger partial charge in [-0.05, 0) is 57.0 Å². The van der Waals surface area contributed by atoms with E-state index in [9.17, 15) is 4.57 Å². The molecule has 2 aromatic carbocycles. The van der Waals surface area contributed by atoms with Gasteiger partial charge in [-0.3, -0.25) is 14.9 Å². The number of anilines is 5. The molecule has 232 valence electrons. The number of nitrogens with one attached hydrogen (secondary N) is 2. The number of ether oxygens (including phenoxy) is 1. The third-order valence-corrected chi connectivity index (χ3v) is 10.1. The fourth-order valence-corrected chi connectivity index (χ4v) is 7.48. The zero-order chi connectivity index (χ0) is 30.8. The van der Waals surface area contributed by atoms with Crippen molar-refractivity contribution < 1.29 is 9.30 Å². The maximum atomic E-state index is 13.4. The van der Waals surface area contributed by atoms with Gasteiger partial charge in [0.05, 0.1) is 35.5 Å². The van der Waals surface area contributed by atoms with E-state index in [0.717, 1.165) is 70.1 Å². The number of piperazine rings is 1. The van der Waals surface area contributed by atoms with Gasteiger partial charge in [-0.1, -0.05) is 11.6 Å². The number of rotatable bonds is 9. The zero-order valence-corrected chi connectivity index (χ0v) is 27.3. The minimum Gasteiger partial charge on any atom is -0.494 e. The lowest BCUT2D eigenvalue weighted by atomic mass is 10.00. The molecule has 4 heterocycles. The maximum Gasteiger partial charge on any atom is 0.229 e. The van der Waals surface area contributed by atoms with E-state index in [1.807, 2.05) is 12.1 Å². The predicted molar refractivity (Wildman–Crippen MR) is 180 cm³/mol. The van der Waals surface area contributed by atoms with Crippen LogP contribution >= 0.6 is 18.7 Å². The van der Waals surface area contributed by atoms with Crippen molar-refractivity contribution in [2.45, 2.75) is 12.8 Å². The first-order valence-electron chi connectivity index (χ1n) is 14.9. The Balaban J connectivity index is 1.24. The van der Waals surface area contributed by atoms with Crippen LogP contribution in [0.4, 0.5) is 28.8 Å². The molecule has 2 aromatic heterocycles. The Bertz CT molecular complexity index is 1710. The molecule has 2 aliphatic rings. The first-order chi connectivity index (χ1) is 21.2. The SMILES string of the molecule is COc1cc2c(cc1Nc1ncc(Cl)c(Nc3ccc4nccnc4c3P(C)(C)=O)n1)CCCN2CCN1CCN(C)CC1. The predicted octanol–water partition coefficient (Wildman–Crippen LogP) is 4.82. The van der Waals surface area contributed by atoms with Gasteiger partial charge in [-0.15, -0.1) is 0 Å². The van der Waals surface area contributed by atoms with E-state index in [1.165, 1.54) is 11.3 Å². The standard InChI is InChI=1S/C31H39ClN9O2P/c1-39-12-14-40(15-13-39)16-17-41-11-5-6-21-18-25(27(43-2)19-26(21)41)37-31-35-20-22(32)30(38-31)36-24-8-7-23-28(34-10-9-33-23)29(24)44(3,4)42/h7-10,18-20H,5-6,11-17H2,1-4H3,(H2,35,36,37,38). The van der Waals surface area contributed by atoms with Gasteiger partial charge >= 0.3 is 0 Å². The van der Waals surface area contributed by atoms with Gasteiger partial charge in [0.2, 0.25) is 5.95 Å². The molecule has 1 fully saturated rings. The Morgan fingerprint density at radius 3 is 2.55 bits per heavy atom. The van der Waals surface area contributed by atoms with E-state index in [2.05, 4.69) is 64.4 Å². The van der Waals surface area contributed by atoms with Crippen LogP contribution in [0.25, 0.3) is 11.0 Å². The zero-order valence-electron chi connectivity index (χ0n) is 25.7. The molecule has 2 aliphatic heterocycles. The number of nitrogens with zero attached hydrogens (tertiary/aromatic N) is 7. The van der Waals surface area contributed by atoms with Crippen molar-refractivity contribution in [1.29, 1.82) is 0 Å². The molecule has 1 saturated heterocycles. The topological polar surface area (TPSA) is 112 Å². The van der Waals surface area contributed by atoms with Gasteiger partial charge in [-0.2, -0.15) is 4.98 Å². The molecule has 0 unspecified atom stereocenters. The van der Waals surface area contributed by atoms with Crippen molar-refractivity contribution in [3.63, 3.8) is 0 Å².